The van der Waals surface area contributed by atoms with Gasteiger partial charge in [0.25, 0.3) is 0 Å². The molecule has 0 unspecified atom stereocenters. The Morgan fingerprint density at radius 2 is 2.21 bits per heavy atom. The van der Waals surface area contributed by atoms with Crippen LogP contribution in [-0.2, 0) is 0 Å². The number of aliphatic hydroxyl groups excluding tert-OH is 1. The van der Waals surface area contributed by atoms with Crippen LogP contribution in [0.3, 0.4) is 0 Å². The fraction of sp³-hybridized carbons (Fsp3) is 0.375. The van der Waals surface area contributed by atoms with Gasteiger partial charge in [-0.1, -0.05) is 42.5 Å². The van der Waals surface area contributed by atoms with E-state index in [1.165, 1.54) is 0 Å². The molecule has 19 heavy (non-hydrogen) atoms. The maximum atomic E-state index is 9.05. The average Bonchev–Trinajstić information content (AvgIpc) is 2.92. The smallest absolute Gasteiger partial charge is 0.126 e. The molecule has 0 heterocycles. The Kier molecular flexibility index (Phi) is 5.19. The molecule has 0 amide bonds. The standard InChI is InChI=1S/C16H21NO2/c1-19-16-7-3-2-5-14(16)6-4-10-17-15-9-8-13(11-15)12-18/h2-9,13,15,17-18H,10-12H2,1H3/b6-4+/t13-,15+/m0/s1. The molecule has 0 aromatic heterocycles. The van der Waals surface area contributed by atoms with E-state index < -0.39 is 0 Å². The number of para-hydroxylation sites is 1. The minimum atomic E-state index is 0.242. The molecule has 2 rings (SSSR count). The van der Waals surface area contributed by atoms with Crippen molar-refractivity contribution in [2.75, 3.05) is 20.3 Å². The van der Waals surface area contributed by atoms with Crippen LogP contribution < -0.4 is 10.1 Å². The van der Waals surface area contributed by atoms with Crippen molar-refractivity contribution in [3.63, 3.8) is 0 Å². The van der Waals surface area contributed by atoms with Crippen LogP contribution in [0.1, 0.15) is 12.0 Å². The molecule has 1 aliphatic carbocycles. The molecule has 1 aromatic rings. The molecular formula is C16H21NO2. The van der Waals surface area contributed by atoms with Crippen LogP contribution >= 0.6 is 0 Å². The van der Waals surface area contributed by atoms with E-state index in [0.29, 0.717) is 12.0 Å². The molecule has 2 atom stereocenters. The van der Waals surface area contributed by atoms with Gasteiger partial charge < -0.3 is 15.2 Å². The third-order valence-corrected chi connectivity index (χ3v) is 3.34. The summed E-state index contributed by atoms with van der Waals surface area (Å²) in [4.78, 5) is 0. The van der Waals surface area contributed by atoms with Gasteiger partial charge in [-0.05, 0) is 12.5 Å². The zero-order valence-electron chi connectivity index (χ0n) is 11.3. The van der Waals surface area contributed by atoms with Gasteiger partial charge in [0.05, 0.1) is 7.11 Å². The number of hydrogen-bond acceptors (Lipinski definition) is 3. The normalized spacial score (nSPS) is 22.2. The fourth-order valence-electron chi connectivity index (χ4n) is 2.27. The first-order valence-corrected chi connectivity index (χ1v) is 6.65. The lowest BCUT2D eigenvalue weighted by atomic mass is 10.1. The molecule has 102 valence electrons. The van der Waals surface area contributed by atoms with E-state index in [1.54, 1.807) is 7.11 Å². The number of aliphatic hydroxyl groups is 1. The number of hydrogen-bond donors (Lipinski definition) is 2. The first-order valence-electron chi connectivity index (χ1n) is 6.65. The zero-order chi connectivity index (χ0) is 13.5. The van der Waals surface area contributed by atoms with E-state index in [2.05, 4.69) is 29.6 Å². The Labute approximate surface area is 114 Å². The van der Waals surface area contributed by atoms with Crippen molar-refractivity contribution in [3.05, 3.63) is 48.1 Å². The van der Waals surface area contributed by atoms with E-state index in [4.69, 9.17) is 9.84 Å². The molecule has 1 aromatic carbocycles. The van der Waals surface area contributed by atoms with E-state index in [-0.39, 0.29) is 6.61 Å². The summed E-state index contributed by atoms with van der Waals surface area (Å²) in [7, 11) is 1.68. The van der Waals surface area contributed by atoms with Crippen LogP contribution in [0.5, 0.6) is 5.75 Å². The van der Waals surface area contributed by atoms with Crippen LogP contribution in [0.25, 0.3) is 6.08 Å². The Morgan fingerprint density at radius 3 is 2.95 bits per heavy atom. The van der Waals surface area contributed by atoms with Crippen molar-refractivity contribution in [2.24, 2.45) is 5.92 Å². The summed E-state index contributed by atoms with van der Waals surface area (Å²) in [6.07, 6.45) is 9.37. The van der Waals surface area contributed by atoms with Gasteiger partial charge in [-0.2, -0.15) is 0 Å². The molecule has 1 aliphatic rings. The molecule has 0 saturated carbocycles. The first kappa shape index (κ1) is 13.8. The highest BCUT2D eigenvalue weighted by Gasteiger charge is 2.16. The van der Waals surface area contributed by atoms with Crippen LogP contribution in [0.15, 0.2) is 42.5 Å². The molecule has 2 N–H and O–H groups in total. The van der Waals surface area contributed by atoms with Gasteiger partial charge in [-0.15, -0.1) is 0 Å². The van der Waals surface area contributed by atoms with Gasteiger partial charge in [0.2, 0.25) is 0 Å². The summed E-state index contributed by atoms with van der Waals surface area (Å²) in [5.74, 6) is 1.20. The van der Waals surface area contributed by atoms with Gasteiger partial charge in [-0.3, -0.25) is 0 Å². The molecule has 0 spiro atoms. The molecular weight excluding hydrogens is 238 g/mol. The SMILES string of the molecule is COc1ccccc1/C=C/CN[C@@H]1C=C[C@H](CO)C1. The Bertz CT molecular complexity index is 454. The molecule has 0 fully saturated rings. The minimum Gasteiger partial charge on any atom is -0.496 e. The topological polar surface area (TPSA) is 41.5 Å². The molecule has 0 bridgehead atoms. The van der Waals surface area contributed by atoms with Crippen molar-refractivity contribution in [1.29, 1.82) is 0 Å². The van der Waals surface area contributed by atoms with Gasteiger partial charge in [0.1, 0.15) is 5.75 Å². The van der Waals surface area contributed by atoms with Crippen molar-refractivity contribution < 1.29 is 9.84 Å². The van der Waals surface area contributed by atoms with Crippen molar-refractivity contribution in [2.45, 2.75) is 12.5 Å². The van der Waals surface area contributed by atoms with Crippen molar-refractivity contribution >= 4 is 6.08 Å². The van der Waals surface area contributed by atoms with Gasteiger partial charge >= 0.3 is 0 Å². The summed E-state index contributed by atoms with van der Waals surface area (Å²) >= 11 is 0. The van der Waals surface area contributed by atoms with Crippen LogP contribution in [0.4, 0.5) is 0 Å². The van der Waals surface area contributed by atoms with E-state index in [0.717, 1.165) is 24.3 Å². The van der Waals surface area contributed by atoms with Gasteiger partial charge in [-0.25, -0.2) is 0 Å². The average molecular weight is 259 g/mol. The lowest BCUT2D eigenvalue weighted by molar-refractivity contribution is 0.247. The second kappa shape index (κ2) is 7.12. The third-order valence-electron chi connectivity index (χ3n) is 3.34. The molecule has 0 radical (unpaired) electrons. The Balaban J connectivity index is 1.79. The summed E-state index contributed by atoms with van der Waals surface area (Å²) < 4.78 is 5.29. The van der Waals surface area contributed by atoms with Crippen LogP contribution in [-0.4, -0.2) is 31.4 Å². The number of nitrogens with one attached hydrogen (secondary N) is 1. The number of methoxy groups -OCH3 is 1. The predicted molar refractivity (Wildman–Crippen MR) is 78.2 cm³/mol. The lowest BCUT2D eigenvalue weighted by Crippen LogP contribution is -2.26. The third kappa shape index (κ3) is 3.94. The predicted octanol–water partition coefficient (Wildman–Crippen LogP) is 2.24. The molecule has 0 saturated heterocycles. The summed E-state index contributed by atoms with van der Waals surface area (Å²) in [6, 6.07) is 8.33. The fourth-order valence-corrected chi connectivity index (χ4v) is 2.27. The maximum Gasteiger partial charge on any atom is 0.126 e. The Hall–Kier alpha value is -1.58. The summed E-state index contributed by atoms with van der Waals surface area (Å²) in [5.41, 5.74) is 1.09. The number of ether oxygens (including phenoxy) is 1. The quantitative estimate of drug-likeness (QED) is 0.770. The monoisotopic (exact) mass is 259 g/mol. The van der Waals surface area contributed by atoms with E-state index in [9.17, 15) is 0 Å². The van der Waals surface area contributed by atoms with Crippen molar-refractivity contribution in [1.82, 2.24) is 5.32 Å². The number of benzene rings is 1. The molecule has 3 nitrogen and oxygen atoms in total. The van der Waals surface area contributed by atoms with Crippen LogP contribution in [0.2, 0.25) is 0 Å². The van der Waals surface area contributed by atoms with E-state index >= 15 is 0 Å². The lowest BCUT2D eigenvalue weighted by Gasteiger charge is -2.10. The zero-order valence-corrected chi connectivity index (χ0v) is 11.3. The Morgan fingerprint density at radius 1 is 1.37 bits per heavy atom. The first-order chi connectivity index (χ1) is 9.33. The highest BCUT2D eigenvalue weighted by atomic mass is 16.5. The van der Waals surface area contributed by atoms with Gasteiger partial charge in [0, 0.05) is 30.7 Å². The summed E-state index contributed by atoms with van der Waals surface area (Å²) in [5, 5.41) is 12.5. The largest absolute Gasteiger partial charge is 0.496 e. The van der Waals surface area contributed by atoms with Crippen molar-refractivity contribution in [3.8, 4) is 5.75 Å². The summed E-state index contributed by atoms with van der Waals surface area (Å²) in [6.45, 7) is 1.05. The highest BCUT2D eigenvalue weighted by molar-refractivity contribution is 5.57. The van der Waals surface area contributed by atoms with E-state index in [1.807, 2.05) is 24.3 Å². The number of rotatable bonds is 6. The maximum absolute atomic E-state index is 9.05. The second-order valence-corrected chi connectivity index (χ2v) is 4.72. The van der Waals surface area contributed by atoms with Crippen LogP contribution in [0, 0.1) is 5.92 Å². The second-order valence-electron chi connectivity index (χ2n) is 4.72. The van der Waals surface area contributed by atoms with Gasteiger partial charge in [0.15, 0.2) is 0 Å². The minimum absolute atomic E-state index is 0.242. The molecule has 0 aliphatic heterocycles. The highest BCUT2D eigenvalue weighted by Crippen LogP contribution is 2.19. The molecule has 3 heteroatoms.